The number of benzene rings is 2. The number of carbonyl (C=O) groups excluding carboxylic acids is 1. The van der Waals surface area contributed by atoms with Gasteiger partial charge in [0.05, 0.1) is 6.04 Å². The third kappa shape index (κ3) is 3.38. The number of rotatable bonds is 4. The maximum absolute atomic E-state index is 12.2. The number of hydrogen-bond acceptors (Lipinski definition) is 2. The number of halogens is 1. The van der Waals surface area contributed by atoms with Gasteiger partial charge in [-0.05, 0) is 24.1 Å². The van der Waals surface area contributed by atoms with Gasteiger partial charge in [-0.25, -0.2) is 0 Å². The molecule has 0 radical (unpaired) electrons. The Hall–Kier alpha value is -1.84. The van der Waals surface area contributed by atoms with Crippen molar-refractivity contribution in [3.8, 4) is 0 Å². The van der Waals surface area contributed by atoms with Crippen LogP contribution in [-0.4, -0.2) is 5.91 Å². The first-order chi connectivity index (χ1) is 9.59. The molecule has 0 saturated heterocycles. The number of amides is 1. The molecule has 0 saturated carbocycles. The van der Waals surface area contributed by atoms with Gasteiger partial charge >= 0.3 is 0 Å². The van der Waals surface area contributed by atoms with Gasteiger partial charge in [0.2, 0.25) is 5.91 Å². The first-order valence-corrected chi connectivity index (χ1v) is 6.82. The molecule has 0 bridgehead atoms. The molecule has 0 heterocycles. The minimum Gasteiger partial charge on any atom is -0.348 e. The highest BCUT2D eigenvalue weighted by Gasteiger charge is 2.18. The average molecular weight is 289 g/mol. The second-order valence-electron chi connectivity index (χ2n) is 4.64. The van der Waals surface area contributed by atoms with E-state index in [2.05, 4.69) is 5.32 Å². The molecule has 1 unspecified atom stereocenters. The summed E-state index contributed by atoms with van der Waals surface area (Å²) in [6.45, 7) is 1.89. The maximum atomic E-state index is 12.2. The van der Waals surface area contributed by atoms with Crippen molar-refractivity contribution in [2.24, 2.45) is 5.73 Å². The van der Waals surface area contributed by atoms with Crippen LogP contribution in [0.1, 0.15) is 30.1 Å². The summed E-state index contributed by atoms with van der Waals surface area (Å²) in [6, 6.07) is 15.9. The van der Waals surface area contributed by atoms with Crippen LogP contribution >= 0.6 is 11.6 Å². The molecular formula is C16H17ClN2O. The lowest BCUT2D eigenvalue weighted by molar-refractivity contribution is -0.123. The normalized spacial score (nSPS) is 13.6. The fourth-order valence-electron chi connectivity index (χ4n) is 2.02. The van der Waals surface area contributed by atoms with Crippen molar-refractivity contribution >= 4 is 17.5 Å². The van der Waals surface area contributed by atoms with E-state index >= 15 is 0 Å². The highest BCUT2D eigenvalue weighted by atomic mass is 35.5. The fourth-order valence-corrected chi connectivity index (χ4v) is 2.32. The predicted molar refractivity (Wildman–Crippen MR) is 81.4 cm³/mol. The van der Waals surface area contributed by atoms with Crippen LogP contribution in [-0.2, 0) is 4.79 Å². The molecule has 0 aliphatic carbocycles. The van der Waals surface area contributed by atoms with E-state index < -0.39 is 6.04 Å². The van der Waals surface area contributed by atoms with Crippen LogP contribution in [0.25, 0.3) is 0 Å². The van der Waals surface area contributed by atoms with E-state index in [0.29, 0.717) is 5.02 Å². The molecule has 0 fully saturated rings. The van der Waals surface area contributed by atoms with Gasteiger partial charge < -0.3 is 11.1 Å². The van der Waals surface area contributed by atoms with E-state index in [0.717, 1.165) is 11.1 Å². The molecule has 1 amide bonds. The van der Waals surface area contributed by atoms with E-state index in [4.69, 9.17) is 17.3 Å². The van der Waals surface area contributed by atoms with Crippen molar-refractivity contribution in [1.82, 2.24) is 5.32 Å². The fraction of sp³-hybridized carbons (Fsp3) is 0.188. The summed E-state index contributed by atoms with van der Waals surface area (Å²) < 4.78 is 0. The zero-order valence-corrected chi connectivity index (χ0v) is 12.0. The van der Waals surface area contributed by atoms with Crippen LogP contribution in [0.5, 0.6) is 0 Å². The summed E-state index contributed by atoms with van der Waals surface area (Å²) in [6.07, 6.45) is 0. The summed E-state index contributed by atoms with van der Waals surface area (Å²) in [4.78, 5) is 12.2. The Balaban J connectivity index is 2.07. The smallest absolute Gasteiger partial charge is 0.241 e. The van der Waals surface area contributed by atoms with Gasteiger partial charge in [-0.2, -0.15) is 0 Å². The largest absolute Gasteiger partial charge is 0.348 e. The Morgan fingerprint density at radius 3 is 2.35 bits per heavy atom. The minimum absolute atomic E-state index is 0.189. The van der Waals surface area contributed by atoms with E-state index in [1.54, 1.807) is 6.07 Å². The summed E-state index contributed by atoms with van der Waals surface area (Å²) in [5, 5.41) is 3.52. The lowest BCUT2D eigenvalue weighted by atomic mass is 10.1. The average Bonchev–Trinajstić information content (AvgIpc) is 2.47. The van der Waals surface area contributed by atoms with Crippen molar-refractivity contribution in [2.75, 3.05) is 0 Å². The first-order valence-electron chi connectivity index (χ1n) is 6.45. The van der Waals surface area contributed by atoms with Crippen molar-refractivity contribution in [3.05, 3.63) is 70.7 Å². The van der Waals surface area contributed by atoms with Crippen LogP contribution in [0.2, 0.25) is 5.02 Å². The second kappa shape index (κ2) is 6.55. The van der Waals surface area contributed by atoms with Gasteiger partial charge in [0.25, 0.3) is 0 Å². The SMILES string of the molecule is C[C@H](NC(=O)C(N)c1ccccc1)c1ccccc1Cl. The lowest BCUT2D eigenvalue weighted by Gasteiger charge is -2.19. The summed E-state index contributed by atoms with van der Waals surface area (Å²) >= 11 is 6.12. The maximum Gasteiger partial charge on any atom is 0.241 e. The molecule has 0 aliphatic heterocycles. The van der Waals surface area contributed by atoms with Gasteiger partial charge in [-0.1, -0.05) is 60.1 Å². The molecule has 2 aromatic carbocycles. The van der Waals surface area contributed by atoms with Crippen molar-refractivity contribution in [2.45, 2.75) is 19.0 Å². The molecule has 20 heavy (non-hydrogen) atoms. The topological polar surface area (TPSA) is 55.1 Å². The summed E-state index contributed by atoms with van der Waals surface area (Å²) in [5.41, 5.74) is 7.62. The van der Waals surface area contributed by atoms with Crippen molar-refractivity contribution in [3.63, 3.8) is 0 Å². The number of nitrogens with one attached hydrogen (secondary N) is 1. The highest BCUT2D eigenvalue weighted by molar-refractivity contribution is 6.31. The van der Waals surface area contributed by atoms with Crippen molar-refractivity contribution in [1.29, 1.82) is 0 Å². The van der Waals surface area contributed by atoms with Crippen LogP contribution < -0.4 is 11.1 Å². The molecule has 0 aromatic heterocycles. The zero-order chi connectivity index (χ0) is 14.5. The molecule has 0 aliphatic rings. The molecule has 3 N–H and O–H groups in total. The second-order valence-corrected chi connectivity index (χ2v) is 5.05. The number of carbonyl (C=O) groups is 1. The van der Waals surface area contributed by atoms with Gasteiger partial charge in [0.15, 0.2) is 0 Å². The summed E-state index contributed by atoms with van der Waals surface area (Å²) in [7, 11) is 0. The van der Waals surface area contributed by atoms with Crippen LogP contribution in [0, 0.1) is 0 Å². The Kier molecular flexibility index (Phi) is 4.77. The highest BCUT2D eigenvalue weighted by Crippen LogP contribution is 2.22. The molecule has 2 aromatic rings. The Morgan fingerprint density at radius 1 is 1.10 bits per heavy atom. The Morgan fingerprint density at radius 2 is 1.70 bits per heavy atom. The van der Waals surface area contributed by atoms with Gasteiger partial charge in [0.1, 0.15) is 6.04 Å². The Labute approximate surface area is 123 Å². The number of nitrogens with two attached hydrogens (primary N) is 1. The van der Waals surface area contributed by atoms with E-state index in [-0.39, 0.29) is 11.9 Å². The van der Waals surface area contributed by atoms with E-state index in [1.807, 2.05) is 55.5 Å². The zero-order valence-electron chi connectivity index (χ0n) is 11.2. The third-order valence-electron chi connectivity index (χ3n) is 3.17. The summed E-state index contributed by atoms with van der Waals surface area (Å²) in [5.74, 6) is -0.219. The van der Waals surface area contributed by atoms with E-state index in [1.165, 1.54) is 0 Å². The van der Waals surface area contributed by atoms with Gasteiger partial charge in [-0.15, -0.1) is 0 Å². The lowest BCUT2D eigenvalue weighted by Crippen LogP contribution is -2.35. The molecular weight excluding hydrogens is 272 g/mol. The minimum atomic E-state index is -0.680. The quantitative estimate of drug-likeness (QED) is 0.907. The van der Waals surface area contributed by atoms with Crippen LogP contribution in [0.3, 0.4) is 0 Å². The van der Waals surface area contributed by atoms with E-state index in [9.17, 15) is 4.79 Å². The standard InChI is InChI=1S/C16H17ClN2O/c1-11(13-9-5-6-10-14(13)17)19-16(20)15(18)12-7-3-2-4-8-12/h2-11,15H,18H2,1H3,(H,19,20)/t11-,15?/m0/s1. The van der Waals surface area contributed by atoms with Crippen LogP contribution in [0.4, 0.5) is 0 Å². The molecule has 4 heteroatoms. The molecule has 0 spiro atoms. The molecule has 3 nitrogen and oxygen atoms in total. The van der Waals surface area contributed by atoms with Gasteiger partial charge in [-0.3, -0.25) is 4.79 Å². The first kappa shape index (κ1) is 14.6. The van der Waals surface area contributed by atoms with Gasteiger partial charge in [0, 0.05) is 5.02 Å². The van der Waals surface area contributed by atoms with Crippen LogP contribution in [0.15, 0.2) is 54.6 Å². The number of hydrogen-bond donors (Lipinski definition) is 2. The predicted octanol–water partition coefficient (Wildman–Crippen LogP) is 3.22. The molecule has 104 valence electrons. The third-order valence-corrected chi connectivity index (χ3v) is 3.52. The molecule has 2 rings (SSSR count). The van der Waals surface area contributed by atoms with Crippen molar-refractivity contribution < 1.29 is 4.79 Å². The Bertz CT molecular complexity index is 586. The molecule has 2 atom stereocenters. The monoisotopic (exact) mass is 288 g/mol.